The topological polar surface area (TPSA) is 73.3 Å². The molecule has 0 spiro atoms. The maximum Gasteiger partial charge on any atom is 0.236 e. The van der Waals surface area contributed by atoms with E-state index in [0.29, 0.717) is 32.0 Å². The van der Waals surface area contributed by atoms with E-state index in [1.54, 1.807) is 4.90 Å². The summed E-state index contributed by atoms with van der Waals surface area (Å²) in [7, 11) is 0. The molecule has 0 aromatic heterocycles. The van der Waals surface area contributed by atoms with Crippen LogP contribution < -0.4 is 0 Å². The van der Waals surface area contributed by atoms with Gasteiger partial charge in [0, 0.05) is 38.6 Å². The average Bonchev–Trinajstić information content (AvgIpc) is 3.31. The molecular weight excluding hydrogens is 466 g/mol. The summed E-state index contributed by atoms with van der Waals surface area (Å²) in [5.74, 6) is 0.584. The van der Waals surface area contributed by atoms with Crippen LogP contribution in [0.4, 0.5) is 0 Å². The highest BCUT2D eigenvalue weighted by atomic mass is 16.5. The summed E-state index contributed by atoms with van der Waals surface area (Å²) in [6.45, 7) is 11.0. The van der Waals surface area contributed by atoms with Gasteiger partial charge in [-0.2, -0.15) is 0 Å². The summed E-state index contributed by atoms with van der Waals surface area (Å²) in [5, 5.41) is 9.81. The zero-order valence-electron chi connectivity index (χ0n) is 23.4. The number of fused-ring (bicyclic) bond motifs is 1. The Hall–Kier alpha value is -1.96. The molecule has 7 heteroatoms. The first-order valence-electron chi connectivity index (χ1n) is 14.6. The van der Waals surface area contributed by atoms with Crippen molar-refractivity contribution < 1.29 is 19.4 Å². The maximum absolute atomic E-state index is 13.4. The van der Waals surface area contributed by atoms with Crippen LogP contribution in [0.25, 0.3) is 0 Å². The summed E-state index contributed by atoms with van der Waals surface area (Å²) >= 11 is 0. The van der Waals surface area contributed by atoms with Crippen molar-refractivity contribution >= 4 is 11.8 Å². The van der Waals surface area contributed by atoms with Gasteiger partial charge in [-0.15, -0.1) is 0 Å². The van der Waals surface area contributed by atoms with E-state index >= 15 is 0 Å². The van der Waals surface area contributed by atoms with Gasteiger partial charge in [-0.25, -0.2) is 0 Å². The molecule has 3 rings (SSSR count). The van der Waals surface area contributed by atoms with Gasteiger partial charge in [0.05, 0.1) is 19.8 Å². The minimum Gasteiger partial charge on any atom is -0.376 e. The number of likely N-dealkylation sites (tertiary alicyclic amines) is 1. The summed E-state index contributed by atoms with van der Waals surface area (Å²) in [6, 6.07) is 7.00. The highest BCUT2D eigenvalue weighted by Crippen LogP contribution is 2.35. The van der Waals surface area contributed by atoms with Gasteiger partial charge in [0.2, 0.25) is 11.8 Å². The number of aliphatic hydroxyl groups is 1. The molecule has 208 valence electrons. The molecule has 2 atom stereocenters. The molecule has 1 fully saturated rings. The normalized spacial score (nSPS) is 19.6. The van der Waals surface area contributed by atoms with Crippen molar-refractivity contribution in [3.8, 4) is 0 Å². The zero-order valence-corrected chi connectivity index (χ0v) is 23.4. The summed E-state index contributed by atoms with van der Waals surface area (Å²) in [6.07, 6.45) is 8.14. The number of unbranched alkanes of at least 4 members (excludes halogenated alkanes) is 2. The van der Waals surface area contributed by atoms with Crippen LogP contribution in [0.5, 0.6) is 0 Å². The molecule has 1 aromatic rings. The Morgan fingerprint density at radius 1 is 1.00 bits per heavy atom. The van der Waals surface area contributed by atoms with Crippen molar-refractivity contribution in [2.75, 3.05) is 46.1 Å². The molecular formula is C30H49N3O4. The third-order valence-corrected chi connectivity index (χ3v) is 7.98. The zero-order chi connectivity index (χ0) is 26.6. The summed E-state index contributed by atoms with van der Waals surface area (Å²) < 4.78 is 5.62. The number of nitrogens with zero attached hydrogens (tertiary/aromatic N) is 3. The molecule has 2 unspecified atom stereocenters. The van der Waals surface area contributed by atoms with Gasteiger partial charge in [0.25, 0.3) is 0 Å². The first-order valence-corrected chi connectivity index (χ1v) is 14.6. The van der Waals surface area contributed by atoms with Gasteiger partial charge in [-0.1, -0.05) is 51.8 Å². The summed E-state index contributed by atoms with van der Waals surface area (Å²) in [4.78, 5) is 31.8. The van der Waals surface area contributed by atoms with Gasteiger partial charge in [-0.05, 0) is 61.1 Å². The molecule has 2 aliphatic rings. The fraction of sp³-hybridized carbons (Fsp3) is 0.733. The van der Waals surface area contributed by atoms with Gasteiger partial charge >= 0.3 is 0 Å². The lowest BCUT2D eigenvalue weighted by Gasteiger charge is -2.30. The van der Waals surface area contributed by atoms with Crippen LogP contribution in [0, 0.1) is 0 Å². The molecule has 1 N–H and O–H groups in total. The van der Waals surface area contributed by atoms with Crippen LogP contribution in [-0.4, -0.2) is 83.7 Å². The molecule has 2 amide bonds. The fourth-order valence-electron chi connectivity index (χ4n) is 5.64. The van der Waals surface area contributed by atoms with Crippen LogP contribution in [0.1, 0.15) is 94.7 Å². The van der Waals surface area contributed by atoms with Crippen molar-refractivity contribution in [1.29, 1.82) is 0 Å². The number of ether oxygens (including phenoxy) is 1. The number of aliphatic hydroxyl groups excluding tert-OH is 1. The SMILES string of the molecule is CCCCN(CCCC)C(=O)CN1CC(c2ccc3c(c2)CCOC3)CC1CCN(CO)C(=O)CCC. The van der Waals surface area contributed by atoms with Gasteiger partial charge in [0.15, 0.2) is 0 Å². The largest absolute Gasteiger partial charge is 0.376 e. The van der Waals surface area contributed by atoms with E-state index in [9.17, 15) is 14.7 Å². The van der Waals surface area contributed by atoms with E-state index in [0.717, 1.165) is 77.6 Å². The Balaban J connectivity index is 1.73. The van der Waals surface area contributed by atoms with Gasteiger partial charge in [0.1, 0.15) is 6.73 Å². The monoisotopic (exact) mass is 515 g/mol. The van der Waals surface area contributed by atoms with Crippen LogP contribution in [0.3, 0.4) is 0 Å². The predicted molar refractivity (Wildman–Crippen MR) is 147 cm³/mol. The van der Waals surface area contributed by atoms with Crippen molar-refractivity contribution in [3.05, 3.63) is 34.9 Å². The van der Waals surface area contributed by atoms with Crippen molar-refractivity contribution in [2.24, 2.45) is 0 Å². The van der Waals surface area contributed by atoms with Crippen LogP contribution in [0.2, 0.25) is 0 Å². The number of rotatable bonds is 15. The highest BCUT2D eigenvalue weighted by Gasteiger charge is 2.35. The second-order valence-electron chi connectivity index (χ2n) is 10.8. The average molecular weight is 516 g/mol. The van der Waals surface area contributed by atoms with E-state index in [1.807, 2.05) is 6.92 Å². The Morgan fingerprint density at radius 3 is 2.43 bits per heavy atom. The maximum atomic E-state index is 13.4. The van der Waals surface area contributed by atoms with Crippen LogP contribution in [0.15, 0.2) is 18.2 Å². The number of hydrogen-bond donors (Lipinski definition) is 1. The predicted octanol–water partition coefficient (Wildman–Crippen LogP) is 4.31. The van der Waals surface area contributed by atoms with E-state index in [-0.39, 0.29) is 24.6 Å². The first-order chi connectivity index (χ1) is 18.0. The molecule has 7 nitrogen and oxygen atoms in total. The third kappa shape index (κ3) is 8.52. The molecule has 0 aliphatic carbocycles. The second-order valence-corrected chi connectivity index (χ2v) is 10.8. The van der Waals surface area contributed by atoms with E-state index < -0.39 is 0 Å². The van der Waals surface area contributed by atoms with Crippen molar-refractivity contribution in [2.45, 2.75) is 97.1 Å². The molecule has 2 aliphatic heterocycles. The molecule has 2 heterocycles. The van der Waals surface area contributed by atoms with E-state index in [4.69, 9.17) is 4.74 Å². The smallest absolute Gasteiger partial charge is 0.236 e. The Kier molecular flexibility index (Phi) is 12.4. The molecule has 1 aromatic carbocycles. The lowest BCUT2D eigenvalue weighted by atomic mass is 9.91. The lowest BCUT2D eigenvalue weighted by Crippen LogP contribution is -2.44. The minimum absolute atomic E-state index is 0.00406. The molecule has 37 heavy (non-hydrogen) atoms. The minimum atomic E-state index is -0.247. The molecule has 0 radical (unpaired) electrons. The number of carbonyl (C=O) groups is 2. The number of hydrogen-bond acceptors (Lipinski definition) is 5. The number of carbonyl (C=O) groups excluding carboxylic acids is 2. The first kappa shape index (κ1) is 29.6. The van der Waals surface area contributed by atoms with E-state index in [1.165, 1.54) is 16.7 Å². The molecule has 0 saturated carbocycles. The molecule has 0 bridgehead atoms. The highest BCUT2D eigenvalue weighted by molar-refractivity contribution is 5.78. The van der Waals surface area contributed by atoms with E-state index in [2.05, 4.69) is 41.8 Å². The second kappa shape index (κ2) is 15.5. The Morgan fingerprint density at radius 2 is 1.76 bits per heavy atom. The standard InChI is InChI=1S/C30H49N3O4/c1-4-7-14-31(15-8-5-2)30(36)21-33-20-27(24-10-11-26-22-37-17-13-25(26)18-24)19-28(33)12-16-32(23-34)29(35)9-6-3/h10-11,18,27-28,34H,4-9,12-17,19-23H2,1-3H3. The van der Waals surface area contributed by atoms with Crippen LogP contribution in [-0.2, 0) is 27.4 Å². The number of benzene rings is 1. The van der Waals surface area contributed by atoms with Crippen LogP contribution >= 0.6 is 0 Å². The Labute approximate surface area is 224 Å². The van der Waals surface area contributed by atoms with Crippen molar-refractivity contribution in [3.63, 3.8) is 0 Å². The molecule has 1 saturated heterocycles. The summed E-state index contributed by atoms with van der Waals surface area (Å²) in [5.41, 5.74) is 4.01. The quantitative estimate of drug-likeness (QED) is 0.352. The van der Waals surface area contributed by atoms with Gasteiger partial charge < -0.3 is 19.6 Å². The van der Waals surface area contributed by atoms with Gasteiger partial charge in [-0.3, -0.25) is 14.5 Å². The lowest BCUT2D eigenvalue weighted by molar-refractivity contribution is -0.136. The number of amides is 2. The fourth-order valence-corrected chi connectivity index (χ4v) is 5.64. The van der Waals surface area contributed by atoms with Crippen molar-refractivity contribution in [1.82, 2.24) is 14.7 Å². The third-order valence-electron chi connectivity index (χ3n) is 7.98. The Bertz CT molecular complexity index is 853.